The first-order valence-electron chi connectivity index (χ1n) is 9.04. The highest BCUT2D eigenvalue weighted by Gasteiger charge is 2.32. The summed E-state index contributed by atoms with van der Waals surface area (Å²) in [5.41, 5.74) is -0.389. The Hall–Kier alpha value is -2.85. The third-order valence-electron chi connectivity index (χ3n) is 4.61. The van der Waals surface area contributed by atoms with Crippen LogP contribution in [-0.4, -0.2) is 27.3 Å². The fourth-order valence-corrected chi connectivity index (χ4v) is 3.44. The predicted octanol–water partition coefficient (Wildman–Crippen LogP) is 4.94. The Kier molecular flexibility index (Phi) is 5.29. The molecule has 1 unspecified atom stereocenters. The molecular formula is C19H16ClF3N4O3. The molecule has 0 spiro atoms. The van der Waals surface area contributed by atoms with Crippen LogP contribution in [0.25, 0.3) is 5.69 Å². The summed E-state index contributed by atoms with van der Waals surface area (Å²) in [7, 11) is 0. The maximum Gasteiger partial charge on any atom is 0.416 e. The molecule has 7 nitrogen and oxygen atoms in total. The molecule has 1 aliphatic rings. The number of halogens is 4. The van der Waals surface area contributed by atoms with Crippen molar-refractivity contribution in [3.05, 3.63) is 58.4 Å². The van der Waals surface area contributed by atoms with Crippen molar-refractivity contribution in [1.82, 2.24) is 14.8 Å². The Balaban J connectivity index is 1.67. The lowest BCUT2D eigenvalue weighted by Gasteiger charge is -2.13. The standard InChI is InChI=1S/C19H16ClF3N4O3/c1-10-7-15(25-18(28)16-17(30-9-24-16)14-3-2-6-29-14)27(26-10)13-8-11(19(21,22)23)4-5-12(13)20/h4-5,7-9,14H,2-3,6H2,1H3,(H,25,28). The van der Waals surface area contributed by atoms with Gasteiger partial charge in [-0.15, -0.1) is 0 Å². The van der Waals surface area contributed by atoms with E-state index in [1.54, 1.807) is 6.92 Å². The van der Waals surface area contributed by atoms with Gasteiger partial charge in [-0.1, -0.05) is 11.6 Å². The van der Waals surface area contributed by atoms with Crippen molar-refractivity contribution in [2.45, 2.75) is 32.0 Å². The Labute approximate surface area is 173 Å². The second-order valence-electron chi connectivity index (χ2n) is 6.77. The average Bonchev–Trinajstić information content (AvgIpc) is 3.41. The first-order valence-corrected chi connectivity index (χ1v) is 9.42. The van der Waals surface area contributed by atoms with E-state index in [-0.39, 0.29) is 28.3 Å². The number of nitrogens with one attached hydrogen (secondary N) is 1. The van der Waals surface area contributed by atoms with Crippen LogP contribution < -0.4 is 5.32 Å². The van der Waals surface area contributed by atoms with E-state index < -0.39 is 17.6 Å². The summed E-state index contributed by atoms with van der Waals surface area (Å²) in [6.45, 7) is 2.20. The van der Waals surface area contributed by atoms with Crippen molar-refractivity contribution in [3.63, 3.8) is 0 Å². The first kappa shape index (κ1) is 20.4. The molecule has 11 heteroatoms. The number of anilines is 1. The summed E-state index contributed by atoms with van der Waals surface area (Å²) in [4.78, 5) is 16.8. The minimum atomic E-state index is -4.55. The van der Waals surface area contributed by atoms with E-state index in [1.807, 2.05) is 0 Å². The Morgan fingerprint density at radius 2 is 2.13 bits per heavy atom. The molecule has 1 aliphatic heterocycles. The number of alkyl halides is 3. The van der Waals surface area contributed by atoms with Gasteiger partial charge in [-0.3, -0.25) is 4.79 Å². The topological polar surface area (TPSA) is 82.2 Å². The molecule has 0 saturated carbocycles. The maximum atomic E-state index is 13.1. The molecule has 1 saturated heterocycles. The van der Waals surface area contributed by atoms with Crippen molar-refractivity contribution < 1.29 is 27.1 Å². The predicted molar refractivity (Wildman–Crippen MR) is 101 cm³/mol. The van der Waals surface area contributed by atoms with Gasteiger partial charge in [0.1, 0.15) is 11.9 Å². The monoisotopic (exact) mass is 440 g/mol. The number of aryl methyl sites for hydroxylation is 1. The number of benzene rings is 1. The summed E-state index contributed by atoms with van der Waals surface area (Å²) < 4.78 is 51.4. The molecule has 0 bridgehead atoms. The van der Waals surface area contributed by atoms with Crippen LogP contribution in [0.4, 0.5) is 19.0 Å². The highest BCUT2D eigenvalue weighted by atomic mass is 35.5. The minimum absolute atomic E-state index is 0.0191. The lowest BCUT2D eigenvalue weighted by Crippen LogP contribution is -2.18. The van der Waals surface area contributed by atoms with Crippen LogP contribution >= 0.6 is 11.6 Å². The molecule has 4 rings (SSSR count). The summed E-state index contributed by atoms with van der Waals surface area (Å²) >= 11 is 6.12. The van der Waals surface area contributed by atoms with Crippen molar-refractivity contribution in [2.24, 2.45) is 0 Å². The molecule has 3 aromatic rings. The highest BCUT2D eigenvalue weighted by Crippen LogP contribution is 2.34. The second-order valence-corrected chi connectivity index (χ2v) is 7.17. The van der Waals surface area contributed by atoms with Crippen LogP contribution in [0.3, 0.4) is 0 Å². The zero-order chi connectivity index (χ0) is 21.5. The second kappa shape index (κ2) is 7.77. The van der Waals surface area contributed by atoms with Gasteiger partial charge >= 0.3 is 6.18 Å². The molecule has 0 radical (unpaired) electrons. The lowest BCUT2D eigenvalue weighted by molar-refractivity contribution is -0.137. The SMILES string of the molecule is Cc1cc(NC(=O)c2ncoc2C2CCCO2)n(-c2cc(C(F)(F)F)ccc2Cl)n1. The summed E-state index contributed by atoms with van der Waals surface area (Å²) in [6.07, 6.45) is -2.23. The van der Waals surface area contributed by atoms with Crippen molar-refractivity contribution in [1.29, 1.82) is 0 Å². The largest absolute Gasteiger partial charge is 0.445 e. The third-order valence-corrected chi connectivity index (χ3v) is 4.93. The smallest absolute Gasteiger partial charge is 0.416 e. The Bertz CT molecular complexity index is 1090. The molecule has 158 valence electrons. The Morgan fingerprint density at radius 1 is 1.33 bits per heavy atom. The molecule has 1 aromatic carbocycles. The van der Waals surface area contributed by atoms with E-state index in [9.17, 15) is 18.0 Å². The first-order chi connectivity index (χ1) is 14.2. The van der Waals surface area contributed by atoms with Crippen LogP contribution in [0.2, 0.25) is 5.02 Å². The summed E-state index contributed by atoms with van der Waals surface area (Å²) in [6, 6.07) is 4.40. The van der Waals surface area contributed by atoms with Crippen LogP contribution in [0.5, 0.6) is 0 Å². The molecule has 3 heterocycles. The fraction of sp³-hybridized carbons (Fsp3) is 0.316. The molecule has 1 N–H and O–H groups in total. The molecule has 0 aliphatic carbocycles. The molecule has 1 amide bonds. The zero-order valence-corrected chi connectivity index (χ0v) is 16.4. The van der Waals surface area contributed by atoms with Gasteiger partial charge in [-0.05, 0) is 38.0 Å². The number of rotatable bonds is 4. The van der Waals surface area contributed by atoms with Gasteiger partial charge in [0.15, 0.2) is 17.8 Å². The van der Waals surface area contributed by atoms with Gasteiger partial charge in [0, 0.05) is 12.7 Å². The van der Waals surface area contributed by atoms with Crippen molar-refractivity contribution in [3.8, 4) is 5.69 Å². The van der Waals surface area contributed by atoms with Crippen molar-refractivity contribution in [2.75, 3.05) is 11.9 Å². The normalized spacial score (nSPS) is 16.8. The van der Waals surface area contributed by atoms with Crippen LogP contribution in [0.1, 0.15) is 46.5 Å². The molecule has 1 fully saturated rings. The number of carbonyl (C=O) groups excluding carboxylic acids is 1. The number of amides is 1. The lowest BCUT2D eigenvalue weighted by atomic mass is 10.1. The van der Waals surface area contributed by atoms with E-state index in [0.717, 1.165) is 35.7 Å². The van der Waals surface area contributed by atoms with Gasteiger partial charge in [-0.2, -0.15) is 18.3 Å². The molecule has 30 heavy (non-hydrogen) atoms. The van der Waals surface area contributed by atoms with E-state index >= 15 is 0 Å². The molecule has 1 atom stereocenters. The number of carbonyl (C=O) groups is 1. The number of aromatic nitrogens is 3. The van der Waals surface area contributed by atoms with Gasteiger partial charge < -0.3 is 14.5 Å². The zero-order valence-electron chi connectivity index (χ0n) is 15.7. The van der Waals surface area contributed by atoms with Gasteiger partial charge in [0.25, 0.3) is 5.91 Å². The minimum Gasteiger partial charge on any atom is -0.445 e. The summed E-state index contributed by atoms with van der Waals surface area (Å²) in [5.74, 6) is -0.150. The van der Waals surface area contributed by atoms with Gasteiger partial charge in [0.05, 0.1) is 22.0 Å². The van der Waals surface area contributed by atoms with E-state index in [0.29, 0.717) is 24.5 Å². The average molecular weight is 441 g/mol. The van der Waals surface area contributed by atoms with Gasteiger partial charge in [0.2, 0.25) is 0 Å². The highest BCUT2D eigenvalue weighted by molar-refractivity contribution is 6.32. The van der Waals surface area contributed by atoms with E-state index in [4.69, 9.17) is 20.8 Å². The van der Waals surface area contributed by atoms with Crippen molar-refractivity contribution >= 4 is 23.3 Å². The molecular weight excluding hydrogens is 425 g/mol. The number of hydrogen-bond donors (Lipinski definition) is 1. The number of hydrogen-bond acceptors (Lipinski definition) is 5. The van der Waals surface area contributed by atoms with E-state index in [1.165, 1.54) is 6.07 Å². The Morgan fingerprint density at radius 3 is 2.83 bits per heavy atom. The van der Waals surface area contributed by atoms with Crippen LogP contribution in [-0.2, 0) is 10.9 Å². The van der Waals surface area contributed by atoms with Gasteiger partial charge in [-0.25, -0.2) is 9.67 Å². The third kappa shape index (κ3) is 3.92. The fourth-order valence-electron chi connectivity index (χ4n) is 3.24. The van der Waals surface area contributed by atoms with Crippen LogP contribution in [0, 0.1) is 6.92 Å². The molecule has 2 aromatic heterocycles. The quantitative estimate of drug-likeness (QED) is 0.621. The number of ether oxygens (including phenoxy) is 1. The number of oxazole rings is 1. The number of nitrogens with zero attached hydrogens (tertiary/aromatic N) is 3. The van der Waals surface area contributed by atoms with Crippen LogP contribution in [0.15, 0.2) is 35.1 Å². The maximum absolute atomic E-state index is 13.1. The summed E-state index contributed by atoms with van der Waals surface area (Å²) in [5, 5.41) is 6.85. The van der Waals surface area contributed by atoms with E-state index in [2.05, 4.69) is 15.4 Å².